The van der Waals surface area contributed by atoms with Gasteiger partial charge in [-0.05, 0) is 29.2 Å². The van der Waals surface area contributed by atoms with Crippen molar-refractivity contribution < 1.29 is 4.79 Å². The number of likely N-dealkylation sites (N-methyl/N-ethyl adjacent to an activating group) is 1. The lowest BCUT2D eigenvalue weighted by atomic mass is 10.2. The molecule has 0 bridgehead atoms. The zero-order chi connectivity index (χ0) is 13.7. The quantitative estimate of drug-likeness (QED) is 0.767. The Hall–Kier alpha value is -1.39. The van der Waals surface area contributed by atoms with Crippen molar-refractivity contribution in [1.82, 2.24) is 4.90 Å². The van der Waals surface area contributed by atoms with Crippen LogP contribution in [0, 0.1) is 0 Å². The van der Waals surface area contributed by atoms with E-state index in [9.17, 15) is 4.79 Å². The van der Waals surface area contributed by atoms with Crippen molar-refractivity contribution in [1.29, 1.82) is 0 Å². The fourth-order valence-corrected chi connectivity index (χ4v) is 2.65. The third kappa shape index (κ3) is 4.04. The summed E-state index contributed by atoms with van der Waals surface area (Å²) >= 11 is 5.11. The summed E-state index contributed by atoms with van der Waals surface area (Å²) < 4.78 is 1.02. The number of rotatable bonds is 4. The van der Waals surface area contributed by atoms with E-state index in [1.54, 1.807) is 29.4 Å². The first kappa shape index (κ1) is 14.0. The maximum absolute atomic E-state index is 12.0. The van der Waals surface area contributed by atoms with Gasteiger partial charge in [0, 0.05) is 29.0 Å². The summed E-state index contributed by atoms with van der Waals surface area (Å²) in [7, 11) is 1.81. The lowest BCUT2D eigenvalue weighted by Gasteiger charge is -2.16. The van der Waals surface area contributed by atoms with Crippen molar-refractivity contribution >= 4 is 39.2 Å². The van der Waals surface area contributed by atoms with Crippen LogP contribution < -0.4 is 0 Å². The SMILES string of the molecule is CN(Cc1ccccc1Br)C(=O)C=Cc1cccs1. The van der Waals surface area contributed by atoms with Crippen LogP contribution in [-0.2, 0) is 11.3 Å². The second-order valence-corrected chi connectivity index (χ2v) is 5.97. The molecule has 0 unspecified atom stereocenters. The normalized spacial score (nSPS) is 10.8. The molecule has 0 aliphatic carbocycles. The van der Waals surface area contributed by atoms with Gasteiger partial charge in [-0.15, -0.1) is 11.3 Å². The summed E-state index contributed by atoms with van der Waals surface area (Å²) in [5, 5.41) is 1.99. The molecule has 2 nitrogen and oxygen atoms in total. The molecule has 0 radical (unpaired) electrons. The van der Waals surface area contributed by atoms with Gasteiger partial charge in [0.2, 0.25) is 5.91 Å². The lowest BCUT2D eigenvalue weighted by Crippen LogP contribution is -2.24. The van der Waals surface area contributed by atoms with Gasteiger partial charge < -0.3 is 4.90 Å². The summed E-state index contributed by atoms with van der Waals surface area (Å²) in [6.07, 6.45) is 3.46. The third-order valence-electron chi connectivity index (χ3n) is 2.67. The molecular formula is C15H14BrNOS. The highest BCUT2D eigenvalue weighted by atomic mass is 79.9. The average Bonchev–Trinajstić information content (AvgIpc) is 2.91. The topological polar surface area (TPSA) is 20.3 Å². The number of nitrogens with zero attached hydrogens (tertiary/aromatic N) is 1. The first-order chi connectivity index (χ1) is 9.16. The monoisotopic (exact) mass is 335 g/mol. The molecule has 0 saturated carbocycles. The van der Waals surface area contributed by atoms with Crippen LogP contribution in [0.25, 0.3) is 6.08 Å². The molecule has 1 aromatic carbocycles. The third-order valence-corrected chi connectivity index (χ3v) is 4.29. The van der Waals surface area contributed by atoms with Gasteiger partial charge in [0.15, 0.2) is 0 Å². The molecule has 0 fully saturated rings. The zero-order valence-electron chi connectivity index (χ0n) is 10.5. The molecule has 2 rings (SSSR count). The van der Waals surface area contributed by atoms with E-state index < -0.39 is 0 Å². The van der Waals surface area contributed by atoms with Crippen molar-refractivity contribution in [2.24, 2.45) is 0 Å². The average molecular weight is 336 g/mol. The van der Waals surface area contributed by atoms with Gasteiger partial charge in [0.1, 0.15) is 0 Å². The lowest BCUT2D eigenvalue weighted by molar-refractivity contribution is -0.125. The fraction of sp³-hybridized carbons (Fsp3) is 0.133. The van der Waals surface area contributed by atoms with Gasteiger partial charge in [-0.1, -0.05) is 40.2 Å². The highest BCUT2D eigenvalue weighted by molar-refractivity contribution is 9.10. The number of hydrogen-bond donors (Lipinski definition) is 0. The number of carbonyl (C=O) groups is 1. The van der Waals surface area contributed by atoms with E-state index in [-0.39, 0.29) is 5.91 Å². The van der Waals surface area contributed by atoms with Crippen LogP contribution in [0.3, 0.4) is 0 Å². The minimum atomic E-state index is 0.00385. The number of amides is 1. The standard InChI is InChI=1S/C15H14BrNOS/c1-17(11-12-5-2-3-7-14(12)16)15(18)9-8-13-6-4-10-19-13/h2-10H,11H2,1H3. The van der Waals surface area contributed by atoms with Gasteiger partial charge in [0.25, 0.3) is 0 Å². The highest BCUT2D eigenvalue weighted by Gasteiger charge is 2.07. The zero-order valence-corrected chi connectivity index (χ0v) is 12.9. The maximum Gasteiger partial charge on any atom is 0.246 e. The Morgan fingerprint density at radius 1 is 1.32 bits per heavy atom. The van der Waals surface area contributed by atoms with Crippen LogP contribution in [-0.4, -0.2) is 17.9 Å². The van der Waals surface area contributed by atoms with Crippen molar-refractivity contribution in [3.63, 3.8) is 0 Å². The summed E-state index contributed by atoms with van der Waals surface area (Å²) in [4.78, 5) is 14.8. The Morgan fingerprint density at radius 3 is 2.79 bits per heavy atom. The molecule has 1 heterocycles. The van der Waals surface area contributed by atoms with Crippen LogP contribution in [0.4, 0.5) is 0 Å². The molecule has 0 aliphatic heterocycles. The van der Waals surface area contributed by atoms with Gasteiger partial charge in [0.05, 0.1) is 0 Å². The Bertz CT molecular complexity index is 578. The second kappa shape index (κ2) is 6.68. The van der Waals surface area contributed by atoms with Crippen molar-refractivity contribution in [2.75, 3.05) is 7.05 Å². The van der Waals surface area contributed by atoms with Crippen molar-refractivity contribution in [3.8, 4) is 0 Å². The van der Waals surface area contributed by atoms with Crippen LogP contribution in [0.1, 0.15) is 10.4 Å². The maximum atomic E-state index is 12.0. The summed E-state index contributed by atoms with van der Waals surface area (Å²) in [5.74, 6) is 0.00385. The summed E-state index contributed by atoms with van der Waals surface area (Å²) in [6.45, 7) is 0.592. The first-order valence-corrected chi connectivity index (χ1v) is 7.54. The molecule has 1 amide bonds. The Morgan fingerprint density at radius 2 is 2.11 bits per heavy atom. The Kier molecular flexibility index (Phi) is 4.93. The number of carbonyl (C=O) groups excluding carboxylic acids is 1. The highest BCUT2D eigenvalue weighted by Crippen LogP contribution is 2.17. The molecule has 0 saturated heterocycles. The molecule has 1 aromatic heterocycles. The molecule has 2 aromatic rings. The van der Waals surface area contributed by atoms with E-state index in [2.05, 4.69) is 15.9 Å². The van der Waals surface area contributed by atoms with Crippen LogP contribution in [0.2, 0.25) is 0 Å². The van der Waals surface area contributed by atoms with Crippen LogP contribution in [0.15, 0.2) is 52.3 Å². The summed E-state index contributed by atoms with van der Waals surface area (Å²) in [5.41, 5.74) is 1.10. The Balaban J connectivity index is 1.98. The first-order valence-electron chi connectivity index (χ1n) is 5.87. The molecule has 0 aliphatic rings. The predicted octanol–water partition coefficient (Wildman–Crippen LogP) is 4.18. The minimum Gasteiger partial charge on any atom is -0.338 e. The number of thiophene rings is 1. The second-order valence-electron chi connectivity index (χ2n) is 4.13. The van der Waals surface area contributed by atoms with E-state index in [0.29, 0.717) is 6.54 Å². The largest absolute Gasteiger partial charge is 0.338 e. The summed E-state index contributed by atoms with van der Waals surface area (Å²) in [6, 6.07) is 11.9. The number of halogens is 1. The predicted molar refractivity (Wildman–Crippen MR) is 84.0 cm³/mol. The number of hydrogen-bond acceptors (Lipinski definition) is 2. The van der Waals surface area contributed by atoms with Crippen LogP contribution >= 0.6 is 27.3 Å². The van der Waals surface area contributed by atoms with E-state index in [4.69, 9.17) is 0 Å². The molecule has 4 heteroatoms. The molecule has 0 N–H and O–H groups in total. The minimum absolute atomic E-state index is 0.00385. The van der Waals surface area contributed by atoms with E-state index >= 15 is 0 Å². The van der Waals surface area contributed by atoms with Gasteiger partial charge in [-0.25, -0.2) is 0 Å². The van der Waals surface area contributed by atoms with Crippen LogP contribution in [0.5, 0.6) is 0 Å². The van der Waals surface area contributed by atoms with Gasteiger partial charge >= 0.3 is 0 Å². The smallest absolute Gasteiger partial charge is 0.246 e. The van der Waals surface area contributed by atoms with E-state index in [1.807, 2.05) is 47.9 Å². The molecular weight excluding hydrogens is 322 g/mol. The van der Waals surface area contributed by atoms with E-state index in [1.165, 1.54) is 0 Å². The van der Waals surface area contributed by atoms with Gasteiger partial charge in [-0.3, -0.25) is 4.79 Å². The Labute approximate surface area is 125 Å². The van der Waals surface area contributed by atoms with Crippen molar-refractivity contribution in [3.05, 3.63) is 62.8 Å². The van der Waals surface area contributed by atoms with Crippen molar-refractivity contribution in [2.45, 2.75) is 6.54 Å². The van der Waals surface area contributed by atoms with E-state index in [0.717, 1.165) is 14.9 Å². The molecule has 0 spiro atoms. The molecule has 0 atom stereocenters. The number of benzene rings is 1. The van der Waals surface area contributed by atoms with Gasteiger partial charge in [-0.2, -0.15) is 0 Å². The fourth-order valence-electron chi connectivity index (χ4n) is 1.63. The molecule has 98 valence electrons. The molecule has 19 heavy (non-hydrogen) atoms.